The summed E-state index contributed by atoms with van der Waals surface area (Å²) in [6.45, 7) is 0. The Labute approximate surface area is 127 Å². The van der Waals surface area contributed by atoms with Crippen molar-refractivity contribution in [3.05, 3.63) is 59.7 Å². The minimum atomic E-state index is -1.12. The minimum absolute atomic E-state index is 0.145. The molecule has 2 aromatic rings. The molecule has 110 valence electrons. The predicted molar refractivity (Wildman–Crippen MR) is 79.5 cm³/mol. The summed E-state index contributed by atoms with van der Waals surface area (Å²) in [6, 6.07) is 15.7. The maximum atomic E-state index is 11.9. The first-order valence-electron chi connectivity index (χ1n) is 7.27. The first-order chi connectivity index (χ1) is 10.7. The number of esters is 1. The van der Waals surface area contributed by atoms with Gasteiger partial charge >= 0.3 is 11.9 Å². The van der Waals surface area contributed by atoms with Crippen LogP contribution in [-0.4, -0.2) is 23.1 Å². The zero-order valence-corrected chi connectivity index (χ0v) is 11.7. The van der Waals surface area contributed by atoms with Crippen molar-refractivity contribution >= 4 is 11.9 Å². The van der Waals surface area contributed by atoms with E-state index in [0.717, 1.165) is 22.3 Å². The van der Waals surface area contributed by atoms with Crippen LogP contribution in [0.5, 0.6) is 0 Å². The fourth-order valence-electron chi connectivity index (χ4n) is 3.77. The highest BCUT2D eigenvalue weighted by molar-refractivity contribution is 5.86. The smallest absolute Gasteiger partial charge is 0.345 e. The zero-order chi connectivity index (χ0) is 15.3. The van der Waals surface area contributed by atoms with Crippen LogP contribution >= 0.6 is 0 Å². The molecule has 1 aliphatic carbocycles. The first-order valence-corrected chi connectivity index (χ1v) is 7.27. The van der Waals surface area contributed by atoms with Crippen molar-refractivity contribution in [3.8, 4) is 11.1 Å². The van der Waals surface area contributed by atoms with Gasteiger partial charge in [-0.1, -0.05) is 48.5 Å². The highest BCUT2D eigenvalue weighted by atomic mass is 16.6. The number of ether oxygens (including phenoxy) is 1. The molecule has 2 aliphatic rings. The van der Waals surface area contributed by atoms with E-state index in [0.29, 0.717) is 0 Å². The molecule has 3 atom stereocenters. The lowest BCUT2D eigenvalue weighted by Gasteiger charge is -2.40. The predicted octanol–water partition coefficient (Wildman–Crippen LogP) is 2.93. The molecule has 4 rings (SSSR count). The van der Waals surface area contributed by atoms with Crippen LogP contribution in [0.25, 0.3) is 11.1 Å². The maximum absolute atomic E-state index is 11.9. The lowest BCUT2D eigenvalue weighted by atomic mass is 9.67. The van der Waals surface area contributed by atoms with Gasteiger partial charge in [0.25, 0.3) is 0 Å². The minimum Gasteiger partial charge on any atom is -0.478 e. The summed E-state index contributed by atoms with van der Waals surface area (Å²) in [5, 5.41) is 9.49. The Hall–Kier alpha value is -2.62. The van der Waals surface area contributed by atoms with E-state index in [1.807, 2.05) is 48.5 Å². The molecule has 3 unspecified atom stereocenters. The molecule has 1 aliphatic heterocycles. The quantitative estimate of drug-likeness (QED) is 0.821. The SMILES string of the molecule is O=C1CC2c3ccccc3-c3ccccc3C2C(C(=O)O)O1. The molecular weight excluding hydrogens is 280 g/mol. The third-order valence-corrected chi connectivity index (χ3v) is 4.62. The highest BCUT2D eigenvalue weighted by Crippen LogP contribution is 2.52. The number of hydrogen-bond acceptors (Lipinski definition) is 3. The molecule has 1 saturated heterocycles. The third kappa shape index (κ3) is 1.77. The third-order valence-electron chi connectivity index (χ3n) is 4.62. The molecule has 0 amide bonds. The largest absolute Gasteiger partial charge is 0.478 e. The second-order valence-corrected chi connectivity index (χ2v) is 5.76. The summed E-state index contributed by atoms with van der Waals surface area (Å²) in [6.07, 6.45) is -0.902. The van der Waals surface area contributed by atoms with Crippen LogP contribution in [0.3, 0.4) is 0 Å². The standard InChI is InChI=1S/C18H14O4/c19-15-9-14-12-7-2-1-5-10(12)11-6-3-4-8-13(11)16(14)17(22-15)18(20)21/h1-8,14,16-17H,9H2,(H,20,21). The topological polar surface area (TPSA) is 63.6 Å². The molecule has 2 aromatic carbocycles. The van der Waals surface area contributed by atoms with Gasteiger partial charge in [0.1, 0.15) is 0 Å². The van der Waals surface area contributed by atoms with Crippen LogP contribution in [0, 0.1) is 0 Å². The van der Waals surface area contributed by atoms with Gasteiger partial charge in [-0.2, -0.15) is 0 Å². The number of fused-ring (bicyclic) bond motifs is 6. The van der Waals surface area contributed by atoms with Crippen LogP contribution < -0.4 is 0 Å². The van der Waals surface area contributed by atoms with Crippen molar-refractivity contribution in [1.29, 1.82) is 0 Å². The number of hydrogen-bond donors (Lipinski definition) is 1. The van der Waals surface area contributed by atoms with E-state index in [1.165, 1.54) is 0 Å². The summed E-state index contributed by atoms with van der Waals surface area (Å²) < 4.78 is 5.15. The first kappa shape index (κ1) is 13.1. The van der Waals surface area contributed by atoms with Crippen molar-refractivity contribution < 1.29 is 19.4 Å². The van der Waals surface area contributed by atoms with Crippen molar-refractivity contribution in [2.45, 2.75) is 24.4 Å². The molecule has 0 bridgehead atoms. The summed E-state index contributed by atoms with van der Waals surface area (Å²) in [5.41, 5.74) is 4.10. The van der Waals surface area contributed by atoms with Gasteiger partial charge in [0.05, 0.1) is 6.42 Å². The molecule has 4 nitrogen and oxygen atoms in total. The summed E-state index contributed by atoms with van der Waals surface area (Å²) >= 11 is 0. The molecule has 0 aromatic heterocycles. The number of rotatable bonds is 1. The van der Waals surface area contributed by atoms with Crippen LogP contribution in [0.4, 0.5) is 0 Å². The number of carboxylic acid groups (broad SMARTS) is 1. The van der Waals surface area contributed by atoms with E-state index in [2.05, 4.69) is 0 Å². The van der Waals surface area contributed by atoms with Crippen LogP contribution in [0.1, 0.15) is 29.4 Å². The zero-order valence-electron chi connectivity index (χ0n) is 11.7. The van der Waals surface area contributed by atoms with Crippen molar-refractivity contribution in [2.75, 3.05) is 0 Å². The van der Waals surface area contributed by atoms with Crippen molar-refractivity contribution in [1.82, 2.24) is 0 Å². The summed E-state index contributed by atoms with van der Waals surface area (Å²) in [5.74, 6) is -2.00. The molecule has 4 heteroatoms. The Kier molecular flexibility index (Phi) is 2.79. The van der Waals surface area contributed by atoms with Gasteiger partial charge in [-0.15, -0.1) is 0 Å². The van der Waals surface area contributed by atoms with E-state index >= 15 is 0 Å². The average molecular weight is 294 g/mol. The van der Waals surface area contributed by atoms with Gasteiger partial charge in [-0.3, -0.25) is 4.79 Å². The fraction of sp³-hybridized carbons (Fsp3) is 0.222. The van der Waals surface area contributed by atoms with E-state index in [-0.39, 0.29) is 18.3 Å². The highest BCUT2D eigenvalue weighted by Gasteiger charge is 2.47. The van der Waals surface area contributed by atoms with E-state index in [4.69, 9.17) is 4.74 Å². The number of cyclic esters (lactones) is 1. The number of carbonyl (C=O) groups excluding carboxylic acids is 1. The summed E-state index contributed by atoms with van der Waals surface area (Å²) in [7, 11) is 0. The van der Waals surface area contributed by atoms with E-state index in [1.54, 1.807) is 0 Å². The van der Waals surface area contributed by atoms with Gasteiger partial charge in [0.2, 0.25) is 6.10 Å². The fourth-order valence-corrected chi connectivity index (χ4v) is 3.77. The molecule has 1 N–H and O–H groups in total. The molecule has 1 heterocycles. The second kappa shape index (κ2) is 4.70. The monoisotopic (exact) mass is 294 g/mol. The molecule has 0 spiro atoms. The van der Waals surface area contributed by atoms with Gasteiger partial charge in [0, 0.05) is 11.8 Å². The Bertz CT molecular complexity index is 778. The van der Waals surface area contributed by atoms with Gasteiger partial charge < -0.3 is 9.84 Å². The molecule has 1 fully saturated rings. The van der Waals surface area contributed by atoms with Gasteiger partial charge in [0.15, 0.2) is 0 Å². The number of benzene rings is 2. The average Bonchev–Trinajstić information content (AvgIpc) is 2.54. The second-order valence-electron chi connectivity index (χ2n) is 5.76. The Morgan fingerprint density at radius 3 is 2.27 bits per heavy atom. The molecular formula is C18H14O4. The number of carboxylic acids is 1. The Morgan fingerprint density at radius 1 is 1.00 bits per heavy atom. The lowest BCUT2D eigenvalue weighted by Crippen LogP contribution is -2.42. The molecule has 0 radical (unpaired) electrons. The van der Waals surface area contributed by atoms with E-state index < -0.39 is 18.0 Å². The van der Waals surface area contributed by atoms with Crippen LogP contribution in [0.15, 0.2) is 48.5 Å². The van der Waals surface area contributed by atoms with Gasteiger partial charge in [-0.25, -0.2) is 4.79 Å². The number of carbonyl (C=O) groups is 2. The van der Waals surface area contributed by atoms with E-state index in [9.17, 15) is 14.7 Å². The van der Waals surface area contributed by atoms with Gasteiger partial charge in [-0.05, 0) is 22.3 Å². The molecule has 0 saturated carbocycles. The molecule has 22 heavy (non-hydrogen) atoms. The summed E-state index contributed by atoms with van der Waals surface area (Å²) in [4.78, 5) is 23.5. The number of aliphatic carboxylic acids is 1. The van der Waals surface area contributed by atoms with Crippen molar-refractivity contribution in [3.63, 3.8) is 0 Å². The Balaban J connectivity index is 1.98. The van der Waals surface area contributed by atoms with Crippen molar-refractivity contribution in [2.24, 2.45) is 0 Å². The normalized spacial score (nSPS) is 25.5. The lowest BCUT2D eigenvalue weighted by molar-refractivity contribution is -0.171. The van der Waals surface area contributed by atoms with Crippen LogP contribution in [0.2, 0.25) is 0 Å². The maximum Gasteiger partial charge on any atom is 0.345 e. The van der Waals surface area contributed by atoms with Crippen LogP contribution in [-0.2, 0) is 14.3 Å². The Morgan fingerprint density at radius 2 is 1.59 bits per heavy atom.